The molecular formula is C17H15N5OS2. The molecule has 0 aliphatic carbocycles. The van der Waals surface area contributed by atoms with Gasteiger partial charge in [-0.3, -0.25) is 9.89 Å². The molecule has 4 rings (SSSR count). The second kappa shape index (κ2) is 6.45. The van der Waals surface area contributed by atoms with Gasteiger partial charge < -0.3 is 4.98 Å². The van der Waals surface area contributed by atoms with Crippen LogP contribution >= 0.6 is 23.1 Å². The van der Waals surface area contributed by atoms with Gasteiger partial charge in [0.1, 0.15) is 10.7 Å². The van der Waals surface area contributed by atoms with Gasteiger partial charge in [0.15, 0.2) is 5.82 Å². The molecule has 0 saturated heterocycles. The van der Waals surface area contributed by atoms with Gasteiger partial charge in [0.25, 0.3) is 5.56 Å². The van der Waals surface area contributed by atoms with Crippen molar-refractivity contribution < 1.29 is 0 Å². The molecule has 0 unspecified atom stereocenters. The van der Waals surface area contributed by atoms with E-state index in [4.69, 9.17) is 0 Å². The lowest BCUT2D eigenvalue weighted by Gasteiger charge is -1.99. The van der Waals surface area contributed by atoms with Gasteiger partial charge in [-0.15, -0.1) is 16.4 Å². The van der Waals surface area contributed by atoms with Gasteiger partial charge in [-0.2, -0.15) is 0 Å². The maximum Gasteiger partial charge on any atom is 0.259 e. The topological polar surface area (TPSA) is 87.3 Å². The van der Waals surface area contributed by atoms with Gasteiger partial charge in [-0.05, 0) is 19.4 Å². The minimum Gasteiger partial charge on any atom is -0.309 e. The number of benzene rings is 1. The molecule has 126 valence electrons. The van der Waals surface area contributed by atoms with Crippen LogP contribution in [0.5, 0.6) is 0 Å². The van der Waals surface area contributed by atoms with Crippen LogP contribution in [-0.2, 0) is 5.75 Å². The van der Waals surface area contributed by atoms with Crippen molar-refractivity contribution in [3.05, 3.63) is 57.0 Å². The molecule has 0 radical (unpaired) electrons. The van der Waals surface area contributed by atoms with Gasteiger partial charge in [0.05, 0.1) is 11.1 Å². The van der Waals surface area contributed by atoms with Crippen LogP contribution < -0.4 is 5.56 Å². The first-order valence-corrected chi connectivity index (χ1v) is 9.51. The largest absolute Gasteiger partial charge is 0.309 e. The van der Waals surface area contributed by atoms with Crippen LogP contribution in [0.25, 0.3) is 21.6 Å². The number of thioether (sulfide) groups is 1. The average Bonchev–Trinajstić information content (AvgIpc) is 3.19. The summed E-state index contributed by atoms with van der Waals surface area (Å²) in [6.45, 7) is 3.96. The first kappa shape index (κ1) is 16.0. The highest BCUT2D eigenvalue weighted by Crippen LogP contribution is 2.27. The highest BCUT2D eigenvalue weighted by atomic mass is 32.2. The lowest BCUT2D eigenvalue weighted by Crippen LogP contribution is -2.10. The van der Waals surface area contributed by atoms with E-state index in [0.717, 1.165) is 26.7 Å². The fourth-order valence-corrected chi connectivity index (χ4v) is 4.25. The van der Waals surface area contributed by atoms with E-state index in [2.05, 4.69) is 25.1 Å². The van der Waals surface area contributed by atoms with E-state index in [0.29, 0.717) is 22.1 Å². The molecule has 0 fully saturated rings. The van der Waals surface area contributed by atoms with Crippen LogP contribution in [0.4, 0.5) is 0 Å². The molecule has 0 bridgehead atoms. The van der Waals surface area contributed by atoms with Crippen molar-refractivity contribution in [3.63, 3.8) is 0 Å². The third kappa shape index (κ3) is 3.10. The maximum atomic E-state index is 12.3. The number of hydrogen-bond acceptors (Lipinski definition) is 6. The minimum absolute atomic E-state index is 0.0811. The van der Waals surface area contributed by atoms with Crippen molar-refractivity contribution >= 4 is 33.3 Å². The fourth-order valence-electron chi connectivity index (χ4n) is 2.54. The quantitative estimate of drug-likeness (QED) is 0.536. The number of nitrogens with zero attached hydrogens (tertiary/aromatic N) is 3. The molecule has 0 aliphatic rings. The van der Waals surface area contributed by atoms with Gasteiger partial charge in [-0.25, -0.2) is 9.97 Å². The van der Waals surface area contributed by atoms with Crippen molar-refractivity contribution in [2.75, 3.05) is 0 Å². The number of thiophene rings is 1. The number of nitrogens with one attached hydrogen (secondary N) is 2. The number of H-pyrrole nitrogens is 2. The summed E-state index contributed by atoms with van der Waals surface area (Å²) in [5.41, 5.74) is 1.91. The van der Waals surface area contributed by atoms with E-state index >= 15 is 0 Å². The molecule has 0 spiro atoms. The zero-order chi connectivity index (χ0) is 17.4. The Hall–Kier alpha value is -2.45. The molecule has 0 amide bonds. The van der Waals surface area contributed by atoms with E-state index in [1.54, 1.807) is 11.3 Å². The molecule has 3 aromatic heterocycles. The van der Waals surface area contributed by atoms with Crippen LogP contribution in [-0.4, -0.2) is 25.1 Å². The first-order valence-electron chi connectivity index (χ1n) is 7.71. The Morgan fingerprint density at radius 2 is 1.96 bits per heavy atom. The maximum absolute atomic E-state index is 12.3. The molecule has 4 aromatic rings. The van der Waals surface area contributed by atoms with E-state index in [-0.39, 0.29) is 5.56 Å². The Morgan fingerprint density at radius 1 is 1.16 bits per heavy atom. The molecule has 1 aromatic carbocycles. The Labute approximate surface area is 151 Å². The smallest absolute Gasteiger partial charge is 0.259 e. The van der Waals surface area contributed by atoms with Gasteiger partial charge >= 0.3 is 0 Å². The van der Waals surface area contributed by atoms with Crippen molar-refractivity contribution in [2.24, 2.45) is 0 Å². The molecule has 2 N–H and O–H groups in total. The van der Waals surface area contributed by atoms with Gasteiger partial charge in [0.2, 0.25) is 5.16 Å². The Balaban J connectivity index is 1.55. The standard InChI is InChI=1S/C17H15N5OS2/c1-9-10(2)25-16-13(9)15(23)18-12(19-16)8-24-17-20-14(21-22-17)11-6-4-3-5-7-11/h3-7H,8H2,1-2H3,(H,18,19,23)(H,20,21,22). The third-order valence-electron chi connectivity index (χ3n) is 3.94. The van der Waals surface area contributed by atoms with Crippen molar-refractivity contribution in [1.29, 1.82) is 0 Å². The number of fused-ring (bicyclic) bond motifs is 1. The molecule has 0 saturated carbocycles. The Kier molecular flexibility index (Phi) is 4.14. The van der Waals surface area contributed by atoms with Gasteiger partial charge in [-0.1, -0.05) is 42.1 Å². The number of aryl methyl sites for hydroxylation is 2. The number of aromatic amines is 2. The van der Waals surface area contributed by atoms with Crippen LogP contribution in [0.1, 0.15) is 16.3 Å². The highest BCUT2D eigenvalue weighted by Gasteiger charge is 2.13. The zero-order valence-electron chi connectivity index (χ0n) is 13.7. The second-order valence-electron chi connectivity index (χ2n) is 5.60. The van der Waals surface area contributed by atoms with E-state index in [1.807, 2.05) is 44.2 Å². The average molecular weight is 369 g/mol. The number of rotatable bonds is 4. The van der Waals surface area contributed by atoms with E-state index in [1.165, 1.54) is 11.8 Å². The Bertz CT molecular complexity index is 1100. The summed E-state index contributed by atoms with van der Waals surface area (Å²) >= 11 is 2.99. The van der Waals surface area contributed by atoms with E-state index in [9.17, 15) is 4.79 Å². The second-order valence-corrected chi connectivity index (χ2v) is 7.74. The normalized spacial score (nSPS) is 11.3. The van der Waals surface area contributed by atoms with E-state index < -0.39 is 0 Å². The first-order chi connectivity index (χ1) is 12.1. The van der Waals surface area contributed by atoms with Crippen LogP contribution in [0.3, 0.4) is 0 Å². The molecule has 0 atom stereocenters. The third-order valence-corrected chi connectivity index (χ3v) is 5.90. The SMILES string of the molecule is Cc1sc2nc(CSc3n[nH]c(-c4ccccc4)n3)[nH]c(=O)c2c1C. The predicted molar refractivity (Wildman–Crippen MR) is 101 cm³/mol. The Morgan fingerprint density at radius 3 is 2.76 bits per heavy atom. The minimum atomic E-state index is -0.0811. The number of aromatic nitrogens is 5. The number of hydrogen-bond donors (Lipinski definition) is 2. The summed E-state index contributed by atoms with van der Waals surface area (Å²) in [7, 11) is 0. The summed E-state index contributed by atoms with van der Waals surface area (Å²) in [5, 5.41) is 8.48. The lowest BCUT2D eigenvalue weighted by atomic mass is 10.2. The summed E-state index contributed by atoms with van der Waals surface area (Å²) in [5.74, 6) is 1.87. The fraction of sp³-hybridized carbons (Fsp3) is 0.176. The molecule has 3 heterocycles. The summed E-state index contributed by atoms with van der Waals surface area (Å²) in [4.78, 5) is 26.1. The summed E-state index contributed by atoms with van der Waals surface area (Å²) < 4.78 is 0. The van der Waals surface area contributed by atoms with Gasteiger partial charge in [0, 0.05) is 10.4 Å². The highest BCUT2D eigenvalue weighted by molar-refractivity contribution is 7.98. The zero-order valence-corrected chi connectivity index (χ0v) is 15.3. The molecule has 25 heavy (non-hydrogen) atoms. The van der Waals surface area contributed by atoms with Crippen molar-refractivity contribution in [2.45, 2.75) is 24.8 Å². The monoisotopic (exact) mass is 369 g/mol. The predicted octanol–water partition coefficient (Wildman–Crippen LogP) is 3.68. The van der Waals surface area contributed by atoms with Crippen LogP contribution in [0.2, 0.25) is 0 Å². The van der Waals surface area contributed by atoms with Crippen molar-refractivity contribution in [1.82, 2.24) is 25.1 Å². The molecule has 0 aliphatic heterocycles. The molecule has 6 nitrogen and oxygen atoms in total. The van der Waals surface area contributed by atoms with Crippen molar-refractivity contribution in [3.8, 4) is 11.4 Å². The lowest BCUT2D eigenvalue weighted by molar-refractivity contribution is 0.966. The summed E-state index contributed by atoms with van der Waals surface area (Å²) in [6, 6.07) is 9.83. The summed E-state index contributed by atoms with van der Waals surface area (Å²) in [6.07, 6.45) is 0. The van der Waals surface area contributed by atoms with Crippen LogP contribution in [0.15, 0.2) is 40.3 Å². The van der Waals surface area contributed by atoms with Crippen LogP contribution in [0, 0.1) is 13.8 Å². The molecule has 8 heteroatoms. The molecular weight excluding hydrogens is 354 g/mol.